The predicted octanol–water partition coefficient (Wildman–Crippen LogP) is 3.17. The molecule has 0 spiro atoms. The van der Waals surface area contributed by atoms with Crippen LogP contribution in [0, 0.1) is 0 Å². The summed E-state index contributed by atoms with van der Waals surface area (Å²) >= 11 is 2.09. The summed E-state index contributed by atoms with van der Waals surface area (Å²) in [6.07, 6.45) is -0.698. The molecule has 0 N–H and O–H groups in total. The molecule has 18 heavy (non-hydrogen) atoms. The zero-order valence-electron chi connectivity index (χ0n) is 9.89. The first-order valence-corrected chi connectivity index (χ1v) is 7.15. The second-order valence-corrected chi connectivity index (χ2v) is 5.91. The van der Waals surface area contributed by atoms with Crippen LogP contribution in [0.2, 0.25) is 0 Å². The average molecular weight is 363 g/mol. The van der Waals surface area contributed by atoms with Crippen molar-refractivity contribution < 1.29 is 13.9 Å². The highest BCUT2D eigenvalue weighted by Gasteiger charge is 2.30. The van der Waals surface area contributed by atoms with Crippen molar-refractivity contribution in [3.8, 4) is 0 Å². The molecular formula is C13H15FINO2. The van der Waals surface area contributed by atoms with Crippen molar-refractivity contribution >= 4 is 28.7 Å². The summed E-state index contributed by atoms with van der Waals surface area (Å²) < 4.78 is 18.7. The topological polar surface area (TPSA) is 29.5 Å². The molecule has 3 nitrogen and oxygen atoms in total. The van der Waals surface area contributed by atoms with Crippen LogP contribution in [-0.4, -0.2) is 34.2 Å². The maximum Gasteiger partial charge on any atom is 0.410 e. The molecule has 0 bridgehead atoms. The summed E-state index contributed by atoms with van der Waals surface area (Å²) in [5, 5.41) is 0. The van der Waals surface area contributed by atoms with Crippen LogP contribution in [0.3, 0.4) is 0 Å². The summed E-state index contributed by atoms with van der Waals surface area (Å²) in [5.74, 6) is 0. The third-order valence-corrected chi connectivity index (χ3v) is 4.33. The summed E-state index contributed by atoms with van der Waals surface area (Å²) in [7, 11) is 0. The van der Waals surface area contributed by atoms with Gasteiger partial charge in [-0.15, -0.1) is 0 Å². The van der Waals surface area contributed by atoms with E-state index in [0.29, 0.717) is 13.0 Å². The number of carbonyl (C=O) groups is 1. The van der Waals surface area contributed by atoms with E-state index >= 15 is 0 Å². The minimum Gasteiger partial charge on any atom is -0.445 e. The van der Waals surface area contributed by atoms with Crippen LogP contribution in [0.1, 0.15) is 12.0 Å². The summed E-state index contributed by atoms with van der Waals surface area (Å²) in [5.41, 5.74) is 0.937. The second kappa shape index (κ2) is 6.36. The van der Waals surface area contributed by atoms with Crippen molar-refractivity contribution in [1.82, 2.24) is 4.90 Å². The Morgan fingerprint density at radius 1 is 1.44 bits per heavy atom. The van der Waals surface area contributed by atoms with Crippen LogP contribution in [0.25, 0.3) is 0 Å². The largest absolute Gasteiger partial charge is 0.445 e. The number of carbonyl (C=O) groups excluding carboxylic acids is 1. The average Bonchev–Trinajstić information content (AvgIpc) is 2.40. The van der Waals surface area contributed by atoms with E-state index < -0.39 is 12.3 Å². The Morgan fingerprint density at radius 2 is 2.17 bits per heavy atom. The van der Waals surface area contributed by atoms with E-state index in [1.54, 1.807) is 0 Å². The van der Waals surface area contributed by atoms with E-state index in [1.807, 2.05) is 30.3 Å². The molecule has 2 atom stereocenters. The molecule has 2 rings (SSSR count). The molecule has 1 amide bonds. The van der Waals surface area contributed by atoms with Gasteiger partial charge in [0, 0.05) is 10.5 Å². The number of likely N-dealkylation sites (tertiary alicyclic amines) is 1. The first kappa shape index (κ1) is 13.6. The normalized spacial score (nSPS) is 23.8. The highest BCUT2D eigenvalue weighted by atomic mass is 127. The van der Waals surface area contributed by atoms with Gasteiger partial charge in [0.1, 0.15) is 12.8 Å². The Hall–Kier alpha value is -0.850. The number of hydrogen-bond acceptors (Lipinski definition) is 2. The SMILES string of the molecule is O=C(OCc1ccccc1)N1CC[C@H](I)[C@H](F)C1. The molecule has 1 fully saturated rings. The number of ether oxygens (including phenoxy) is 1. The Labute approximate surface area is 119 Å². The van der Waals surface area contributed by atoms with Crippen molar-refractivity contribution in [1.29, 1.82) is 0 Å². The number of piperidine rings is 1. The third-order valence-electron chi connectivity index (χ3n) is 2.93. The lowest BCUT2D eigenvalue weighted by Crippen LogP contribution is -2.45. The van der Waals surface area contributed by atoms with Crippen molar-refractivity contribution in [2.45, 2.75) is 23.1 Å². The number of hydrogen-bond donors (Lipinski definition) is 0. The van der Waals surface area contributed by atoms with E-state index in [-0.39, 0.29) is 17.1 Å². The first-order valence-electron chi connectivity index (χ1n) is 5.90. The molecule has 1 aromatic rings. The van der Waals surface area contributed by atoms with E-state index in [0.717, 1.165) is 5.56 Å². The monoisotopic (exact) mass is 363 g/mol. The molecule has 1 aliphatic rings. The lowest BCUT2D eigenvalue weighted by molar-refractivity contribution is 0.0747. The van der Waals surface area contributed by atoms with Crippen molar-refractivity contribution in [3.05, 3.63) is 35.9 Å². The number of benzene rings is 1. The molecule has 1 aromatic carbocycles. The summed E-state index contributed by atoms with van der Waals surface area (Å²) in [6, 6.07) is 9.47. The van der Waals surface area contributed by atoms with Crippen molar-refractivity contribution in [2.75, 3.05) is 13.1 Å². The fourth-order valence-electron chi connectivity index (χ4n) is 1.85. The molecule has 0 aromatic heterocycles. The minimum absolute atomic E-state index is 0.000716. The first-order chi connectivity index (χ1) is 8.66. The van der Waals surface area contributed by atoms with Crippen LogP contribution in [0.15, 0.2) is 30.3 Å². The van der Waals surface area contributed by atoms with Crippen LogP contribution in [0.5, 0.6) is 0 Å². The van der Waals surface area contributed by atoms with Crippen LogP contribution < -0.4 is 0 Å². The van der Waals surface area contributed by atoms with Gasteiger partial charge in [0.15, 0.2) is 0 Å². The van der Waals surface area contributed by atoms with Gasteiger partial charge in [-0.2, -0.15) is 0 Å². The Bertz CT molecular complexity index is 401. The Kier molecular flexibility index (Phi) is 4.79. The molecule has 98 valence electrons. The molecule has 5 heteroatoms. The highest BCUT2D eigenvalue weighted by Crippen LogP contribution is 2.21. The van der Waals surface area contributed by atoms with E-state index in [2.05, 4.69) is 22.6 Å². The zero-order chi connectivity index (χ0) is 13.0. The lowest BCUT2D eigenvalue weighted by atomic mass is 10.1. The van der Waals surface area contributed by atoms with Gasteiger partial charge in [0.25, 0.3) is 0 Å². The smallest absolute Gasteiger partial charge is 0.410 e. The van der Waals surface area contributed by atoms with Crippen LogP contribution in [0.4, 0.5) is 9.18 Å². The molecule has 1 aliphatic heterocycles. The van der Waals surface area contributed by atoms with E-state index in [9.17, 15) is 9.18 Å². The highest BCUT2D eigenvalue weighted by molar-refractivity contribution is 14.1. The number of alkyl halides is 2. The van der Waals surface area contributed by atoms with Gasteiger partial charge in [-0.05, 0) is 12.0 Å². The zero-order valence-corrected chi connectivity index (χ0v) is 12.0. The molecule has 1 saturated heterocycles. The van der Waals surface area contributed by atoms with Gasteiger partial charge in [-0.1, -0.05) is 52.9 Å². The standard InChI is InChI=1S/C13H15FINO2/c14-11-8-16(7-6-12(11)15)13(17)18-9-10-4-2-1-3-5-10/h1-5,11-12H,6-9H2/t11-,12+/m1/s1. The Balaban J connectivity index is 1.82. The molecule has 0 radical (unpaired) electrons. The van der Waals surface area contributed by atoms with Crippen LogP contribution in [-0.2, 0) is 11.3 Å². The van der Waals surface area contributed by atoms with Gasteiger partial charge in [0.2, 0.25) is 0 Å². The third kappa shape index (κ3) is 3.57. The van der Waals surface area contributed by atoms with Gasteiger partial charge < -0.3 is 9.64 Å². The number of halogens is 2. The predicted molar refractivity (Wildman–Crippen MR) is 75.5 cm³/mol. The van der Waals surface area contributed by atoms with Gasteiger partial charge >= 0.3 is 6.09 Å². The summed E-state index contributed by atoms with van der Waals surface area (Å²) in [6.45, 7) is 0.948. The van der Waals surface area contributed by atoms with Gasteiger partial charge in [-0.3, -0.25) is 0 Å². The maximum atomic E-state index is 13.5. The fourth-order valence-corrected chi connectivity index (χ4v) is 2.36. The summed E-state index contributed by atoms with van der Waals surface area (Å²) in [4.78, 5) is 13.2. The Morgan fingerprint density at radius 3 is 2.83 bits per heavy atom. The van der Waals surface area contributed by atoms with Gasteiger partial charge in [-0.25, -0.2) is 9.18 Å². The second-order valence-electron chi connectivity index (χ2n) is 4.31. The lowest BCUT2D eigenvalue weighted by Gasteiger charge is -2.31. The quantitative estimate of drug-likeness (QED) is 0.597. The van der Waals surface area contributed by atoms with Gasteiger partial charge in [0.05, 0.1) is 6.54 Å². The van der Waals surface area contributed by atoms with E-state index in [4.69, 9.17) is 4.74 Å². The van der Waals surface area contributed by atoms with Crippen LogP contribution >= 0.6 is 22.6 Å². The van der Waals surface area contributed by atoms with Crippen molar-refractivity contribution in [3.63, 3.8) is 0 Å². The number of rotatable bonds is 2. The maximum absolute atomic E-state index is 13.5. The molecule has 0 aliphatic carbocycles. The van der Waals surface area contributed by atoms with Crippen molar-refractivity contribution in [2.24, 2.45) is 0 Å². The number of amides is 1. The molecule has 0 saturated carbocycles. The van der Waals surface area contributed by atoms with E-state index in [1.165, 1.54) is 4.90 Å². The minimum atomic E-state index is -0.955. The molecule has 1 heterocycles. The fraction of sp³-hybridized carbons (Fsp3) is 0.462. The number of nitrogens with zero attached hydrogens (tertiary/aromatic N) is 1. The molecule has 0 unspecified atom stereocenters. The molecular weight excluding hydrogens is 348 g/mol.